The Bertz CT molecular complexity index is 745. The monoisotopic (exact) mass is 311 g/mol. The van der Waals surface area contributed by atoms with Crippen LogP contribution in [0.1, 0.15) is 24.3 Å². The maximum atomic E-state index is 12.2. The summed E-state index contributed by atoms with van der Waals surface area (Å²) in [6.45, 7) is 6.26. The zero-order chi connectivity index (χ0) is 16.2. The van der Waals surface area contributed by atoms with Gasteiger partial charge in [0.2, 0.25) is 5.91 Å². The SMILES string of the molecule is CC1(C)C2CN(C(=O)CNC(=O)c3cc4ccccc4[nH]3)CC21. The van der Waals surface area contributed by atoms with Crippen LogP contribution in [0.15, 0.2) is 30.3 Å². The Morgan fingerprint density at radius 3 is 2.65 bits per heavy atom. The van der Waals surface area contributed by atoms with Gasteiger partial charge in [-0.15, -0.1) is 0 Å². The number of benzene rings is 1. The molecule has 1 saturated heterocycles. The first kappa shape index (κ1) is 14.3. The minimum Gasteiger partial charge on any atom is -0.351 e. The van der Waals surface area contributed by atoms with Crippen LogP contribution >= 0.6 is 0 Å². The number of H-pyrrole nitrogens is 1. The van der Waals surface area contributed by atoms with E-state index >= 15 is 0 Å². The third-order valence-corrected chi connectivity index (χ3v) is 5.65. The number of piperidine rings is 1. The molecule has 5 nitrogen and oxygen atoms in total. The quantitative estimate of drug-likeness (QED) is 0.910. The Morgan fingerprint density at radius 2 is 1.96 bits per heavy atom. The van der Waals surface area contributed by atoms with Crippen LogP contribution in [0.5, 0.6) is 0 Å². The fourth-order valence-electron chi connectivity index (χ4n) is 3.89. The summed E-state index contributed by atoms with van der Waals surface area (Å²) in [5, 5.41) is 3.72. The molecule has 1 aliphatic carbocycles. The summed E-state index contributed by atoms with van der Waals surface area (Å²) in [7, 11) is 0. The lowest BCUT2D eigenvalue weighted by Crippen LogP contribution is -2.41. The minimum absolute atomic E-state index is 0.0115. The van der Waals surface area contributed by atoms with Crippen LogP contribution in [0, 0.1) is 17.3 Å². The number of carbonyl (C=O) groups is 2. The molecule has 5 heteroatoms. The van der Waals surface area contributed by atoms with Crippen LogP contribution in [0.2, 0.25) is 0 Å². The zero-order valence-electron chi connectivity index (χ0n) is 13.4. The number of nitrogens with zero attached hydrogens (tertiary/aromatic N) is 1. The number of hydrogen-bond acceptors (Lipinski definition) is 2. The summed E-state index contributed by atoms with van der Waals surface area (Å²) >= 11 is 0. The van der Waals surface area contributed by atoms with E-state index in [0.29, 0.717) is 22.9 Å². The van der Waals surface area contributed by atoms with Crippen molar-refractivity contribution in [2.75, 3.05) is 19.6 Å². The summed E-state index contributed by atoms with van der Waals surface area (Å²) in [5.41, 5.74) is 1.81. The number of likely N-dealkylation sites (tertiary alicyclic amines) is 1. The van der Waals surface area contributed by atoms with Crippen LogP contribution in [-0.2, 0) is 4.79 Å². The summed E-state index contributed by atoms with van der Waals surface area (Å²) < 4.78 is 0. The minimum atomic E-state index is -0.237. The van der Waals surface area contributed by atoms with E-state index in [2.05, 4.69) is 24.1 Å². The molecule has 2 aliphatic rings. The summed E-state index contributed by atoms with van der Waals surface area (Å²) in [4.78, 5) is 29.4. The van der Waals surface area contributed by atoms with Crippen molar-refractivity contribution in [3.05, 3.63) is 36.0 Å². The number of nitrogens with one attached hydrogen (secondary N) is 2. The summed E-state index contributed by atoms with van der Waals surface area (Å²) in [6, 6.07) is 9.54. The second-order valence-electron chi connectivity index (χ2n) is 7.29. The molecule has 2 N–H and O–H groups in total. The highest BCUT2D eigenvalue weighted by molar-refractivity contribution is 5.99. The number of hydrogen-bond donors (Lipinski definition) is 2. The second-order valence-corrected chi connectivity index (χ2v) is 7.29. The number of aromatic amines is 1. The molecule has 0 spiro atoms. The van der Waals surface area contributed by atoms with E-state index in [9.17, 15) is 9.59 Å². The summed E-state index contributed by atoms with van der Waals surface area (Å²) in [6.07, 6.45) is 0. The highest BCUT2D eigenvalue weighted by atomic mass is 16.2. The van der Waals surface area contributed by atoms with Crippen molar-refractivity contribution < 1.29 is 9.59 Å². The lowest BCUT2D eigenvalue weighted by Gasteiger charge is -2.22. The zero-order valence-corrected chi connectivity index (χ0v) is 13.4. The summed E-state index contributed by atoms with van der Waals surface area (Å²) in [5.74, 6) is 1.04. The van der Waals surface area contributed by atoms with Crippen LogP contribution in [0.3, 0.4) is 0 Å². The largest absolute Gasteiger partial charge is 0.351 e. The standard InChI is InChI=1S/C18H21N3O2/c1-18(2)12-9-21(10-13(12)18)16(22)8-19-17(23)15-7-11-5-3-4-6-14(11)20-15/h3-7,12-13,20H,8-10H2,1-2H3,(H,19,23). The van der Waals surface area contributed by atoms with Gasteiger partial charge in [-0.05, 0) is 29.4 Å². The number of amides is 2. The van der Waals surface area contributed by atoms with Gasteiger partial charge in [0.05, 0.1) is 6.54 Å². The average molecular weight is 311 g/mol. The van der Waals surface area contributed by atoms with E-state index in [4.69, 9.17) is 0 Å². The Balaban J connectivity index is 1.34. The van der Waals surface area contributed by atoms with Crippen molar-refractivity contribution in [2.45, 2.75) is 13.8 Å². The first-order chi connectivity index (χ1) is 11.0. The molecule has 2 aromatic rings. The average Bonchev–Trinajstić information content (AvgIpc) is 3.00. The van der Waals surface area contributed by atoms with Crippen LogP contribution < -0.4 is 5.32 Å². The molecule has 1 aromatic carbocycles. The molecule has 1 aliphatic heterocycles. The number of carbonyl (C=O) groups excluding carboxylic acids is 2. The molecule has 0 bridgehead atoms. The number of para-hydroxylation sites is 1. The molecule has 2 atom stereocenters. The van der Waals surface area contributed by atoms with Crippen LogP contribution in [0.25, 0.3) is 10.9 Å². The van der Waals surface area contributed by atoms with Gasteiger partial charge in [-0.2, -0.15) is 0 Å². The number of fused-ring (bicyclic) bond motifs is 2. The first-order valence-corrected chi connectivity index (χ1v) is 8.10. The molecule has 2 heterocycles. The van der Waals surface area contributed by atoms with Crippen LogP contribution in [0.4, 0.5) is 0 Å². The second kappa shape index (κ2) is 4.85. The van der Waals surface area contributed by atoms with Crippen LogP contribution in [-0.4, -0.2) is 41.3 Å². The fraction of sp³-hybridized carbons (Fsp3) is 0.444. The smallest absolute Gasteiger partial charge is 0.268 e. The maximum absolute atomic E-state index is 12.2. The fourth-order valence-corrected chi connectivity index (χ4v) is 3.89. The van der Waals surface area contributed by atoms with Gasteiger partial charge in [0.1, 0.15) is 5.69 Å². The van der Waals surface area contributed by atoms with E-state index in [-0.39, 0.29) is 18.4 Å². The van der Waals surface area contributed by atoms with E-state index in [0.717, 1.165) is 24.0 Å². The van der Waals surface area contributed by atoms with Gasteiger partial charge in [-0.25, -0.2) is 0 Å². The van der Waals surface area contributed by atoms with Crippen molar-refractivity contribution in [2.24, 2.45) is 17.3 Å². The molecule has 1 aromatic heterocycles. The maximum Gasteiger partial charge on any atom is 0.268 e. The van der Waals surface area contributed by atoms with Gasteiger partial charge in [-0.3, -0.25) is 9.59 Å². The van der Waals surface area contributed by atoms with Crippen molar-refractivity contribution in [1.29, 1.82) is 0 Å². The molecule has 2 unspecified atom stereocenters. The first-order valence-electron chi connectivity index (χ1n) is 8.10. The van der Waals surface area contributed by atoms with Crippen molar-refractivity contribution >= 4 is 22.7 Å². The Labute approximate surface area is 135 Å². The highest BCUT2D eigenvalue weighted by Crippen LogP contribution is 2.61. The topological polar surface area (TPSA) is 65.2 Å². The molecule has 120 valence electrons. The predicted octanol–water partition coefficient (Wildman–Crippen LogP) is 2.01. The van der Waals surface area contributed by atoms with Gasteiger partial charge >= 0.3 is 0 Å². The molecule has 0 radical (unpaired) electrons. The lowest BCUT2D eigenvalue weighted by molar-refractivity contribution is -0.129. The molecule has 23 heavy (non-hydrogen) atoms. The van der Waals surface area contributed by atoms with Gasteiger partial charge in [-0.1, -0.05) is 32.0 Å². The van der Waals surface area contributed by atoms with Crippen molar-refractivity contribution in [3.63, 3.8) is 0 Å². The molecule has 4 rings (SSSR count). The third-order valence-electron chi connectivity index (χ3n) is 5.65. The van der Waals surface area contributed by atoms with E-state index in [1.54, 1.807) is 0 Å². The lowest BCUT2D eigenvalue weighted by atomic mass is 10.1. The molecule has 2 amide bonds. The molecular formula is C18H21N3O2. The highest BCUT2D eigenvalue weighted by Gasteiger charge is 2.62. The molecule has 1 saturated carbocycles. The van der Waals surface area contributed by atoms with Crippen molar-refractivity contribution in [1.82, 2.24) is 15.2 Å². The van der Waals surface area contributed by atoms with E-state index in [1.807, 2.05) is 35.2 Å². The number of aromatic nitrogens is 1. The third kappa shape index (κ3) is 2.31. The van der Waals surface area contributed by atoms with Crippen molar-refractivity contribution in [3.8, 4) is 0 Å². The Hall–Kier alpha value is -2.30. The van der Waals surface area contributed by atoms with Gasteiger partial charge in [0, 0.05) is 24.0 Å². The van der Waals surface area contributed by atoms with Gasteiger partial charge in [0.25, 0.3) is 5.91 Å². The molecular weight excluding hydrogens is 290 g/mol. The van der Waals surface area contributed by atoms with Gasteiger partial charge in [0.15, 0.2) is 0 Å². The number of rotatable bonds is 3. The van der Waals surface area contributed by atoms with Gasteiger partial charge < -0.3 is 15.2 Å². The van der Waals surface area contributed by atoms with E-state index < -0.39 is 0 Å². The Morgan fingerprint density at radius 1 is 1.26 bits per heavy atom. The Kier molecular flexibility index (Phi) is 3.01. The van der Waals surface area contributed by atoms with E-state index in [1.165, 1.54) is 0 Å². The molecule has 2 fully saturated rings. The normalized spacial score (nSPS) is 24.5. The predicted molar refractivity (Wildman–Crippen MR) is 88.0 cm³/mol.